The Kier molecular flexibility index (Phi) is 6.47. The maximum absolute atomic E-state index is 12.4. The minimum Gasteiger partial charge on any atom is -0.361 e. The van der Waals surface area contributed by atoms with E-state index in [2.05, 4.69) is 27.8 Å². The summed E-state index contributed by atoms with van der Waals surface area (Å²) in [4.78, 5) is 28.0. The van der Waals surface area contributed by atoms with Gasteiger partial charge in [-0.15, -0.1) is 0 Å². The van der Waals surface area contributed by atoms with E-state index in [1.165, 1.54) is 17.4 Å². The van der Waals surface area contributed by atoms with Crippen LogP contribution in [0.1, 0.15) is 53.6 Å². The van der Waals surface area contributed by atoms with Crippen molar-refractivity contribution in [3.63, 3.8) is 0 Å². The number of para-hydroxylation sites is 1. The molecule has 30 heavy (non-hydrogen) atoms. The predicted molar refractivity (Wildman–Crippen MR) is 119 cm³/mol. The Bertz CT molecular complexity index is 1000. The maximum atomic E-state index is 12.4. The van der Waals surface area contributed by atoms with Gasteiger partial charge in [0.15, 0.2) is 0 Å². The molecule has 0 bridgehead atoms. The molecule has 1 saturated carbocycles. The number of benzene rings is 2. The highest BCUT2D eigenvalue weighted by Crippen LogP contribution is 2.23. The SMILES string of the molecule is O=C(NCCc1c[nH]c2ccccc12)c1ccc(CNC(=O)C2CCCCC2)cc1. The second kappa shape index (κ2) is 9.61. The fraction of sp³-hybridized carbons (Fsp3) is 0.360. The maximum Gasteiger partial charge on any atom is 0.251 e. The average molecular weight is 404 g/mol. The third-order valence-electron chi connectivity index (χ3n) is 6.01. The zero-order valence-corrected chi connectivity index (χ0v) is 17.2. The summed E-state index contributed by atoms with van der Waals surface area (Å²) in [5.41, 5.74) is 3.96. The molecular weight excluding hydrogens is 374 g/mol. The molecule has 156 valence electrons. The van der Waals surface area contributed by atoms with E-state index < -0.39 is 0 Å². The lowest BCUT2D eigenvalue weighted by molar-refractivity contribution is -0.126. The van der Waals surface area contributed by atoms with Crippen LogP contribution < -0.4 is 10.6 Å². The summed E-state index contributed by atoms with van der Waals surface area (Å²) in [7, 11) is 0. The van der Waals surface area contributed by atoms with Crippen LogP contribution in [0.3, 0.4) is 0 Å². The topological polar surface area (TPSA) is 74.0 Å². The molecule has 1 aliphatic carbocycles. The number of carbonyl (C=O) groups is 2. The largest absolute Gasteiger partial charge is 0.361 e. The third-order valence-corrected chi connectivity index (χ3v) is 6.01. The van der Waals surface area contributed by atoms with Gasteiger partial charge in [0.25, 0.3) is 5.91 Å². The molecule has 0 radical (unpaired) electrons. The number of hydrogen-bond donors (Lipinski definition) is 3. The Hall–Kier alpha value is -3.08. The van der Waals surface area contributed by atoms with Crippen LogP contribution in [0.5, 0.6) is 0 Å². The van der Waals surface area contributed by atoms with Crippen molar-refractivity contribution in [2.75, 3.05) is 6.54 Å². The van der Waals surface area contributed by atoms with Crippen molar-refractivity contribution in [3.05, 3.63) is 71.4 Å². The quantitative estimate of drug-likeness (QED) is 0.549. The molecule has 0 unspecified atom stereocenters. The number of hydrogen-bond acceptors (Lipinski definition) is 2. The van der Waals surface area contributed by atoms with Crippen LogP contribution in [-0.4, -0.2) is 23.3 Å². The van der Waals surface area contributed by atoms with E-state index in [9.17, 15) is 9.59 Å². The van der Waals surface area contributed by atoms with Crippen molar-refractivity contribution < 1.29 is 9.59 Å². The van der Waals surface area contributed by atoms with E-state index in [1.807, 2.05) is 42.6 Å². The number of carbonyl (C=O) groups excluding carboxylic acids is 2. The molecule has 0 aliphatic heterocycles. The molecule has 0 saturated heterocycles. The van der Waals surface area contributed by atoms with Crippen LogP contribution in [0, 0.1) is 5.92 Å². The van der Waals surface area contributed by atoms with Crippen LogP contribution in [0.2, 0.25) is 0 Å². The van der Waals surface area contributed by atoms with E-state index >= 15 is 0 Å². The predicted octanol–water partition coefficient (Wildman–Crippen LogP) is 4.34. The second-order valence-electron chi connectivity index (χ2n) is 8.12. The first kappa shape index (κ1) is 20.2. The van der Waals surface area contributed by atoms with Gasteiger partial charge in [-0.25, -0.2) is 0 Å². The van der Waals surface area contributed by atoms with Crippen molar-refractivity contribution in [2.45, 2.75) is 45.1 Å². The number of H-pyrrole nitrogens is 1. The Morgan fingerprint density at radius 1 is 0.933 bits per heavy atom. The highest BCUT2D eigenvalue weighted by Gasteiger charge is 2.20. The number of aromatic nitrogens is 1. The minimum absolute atomic E-state index is 0.0763. The van der Waals surface area contributed by atoms with Crippen molar-refractivity contribution in [1.82, 2.24) is 15.6 Å². The molecule has 1 fully saturated rings. The van der Waals surface area contributed by atoms with Gasteiger partial charge in [-0.1, -0.05) is 49.6 Å². The summed E-state index contributed by atoms with van der Waals surface area (Å²) in [6, 6.07) is 15.6. The van der Waals surface area contributed by atoms with Gasteiger partial charge in [-0.05, 0) is 48.6 Å². The van der Waals surface area contributed by atoms with E-state index in [0.717, 1.165) is 43.2 Å². The Balaban J connectivity index is 1.24. The number of rotatable bonds is 7. The molecule has 5 nitrogen and oxygen atoms in total. The molecule has 1 heterocycles. The Labute approximate surface area is 177 Å². The summed E-state index contributed by atoms with van der Waals surface area (Å²) < 4.78 is 0. The van der Waals surface area contributed by atoms with Gasteiger partial charge in [0, 0.05) is 41.7 Å². The van der Waals surface area contributed by atoms with Gasteiger partial charge < -0.3 is 15.6 Å². The summed E-state index contributed by atoms with van der Waals surface area (Å²) in [6.07, 6.45) is 8.35. The third kappa shape index (κ3) is 4.90. The highest BCUT2D eigenvalue weighted by atomic mass is 16.2. The fourth-order valence-corrected chi connectivity index (χ4v) is 4.22. The van der Waals surface area contributed by atoms with Gasteiger partial charge in [0.2, 0.25) is 5.91 Å². The Morgan fingerprint density at radius 2 is 1.70 bits per heavy atom. The standard InChI is InChI=1S/C25H29N3O2/c29-24(26-15-14-21-17-27-23-9-5-4-8-22(21)23)20-12-10-18(11-13-20)16-28-25(30)19-6-2-1-3-7-19/h4-5,8-13,17,19,27H,1-3,6-7,14-16H2,(H,26,29)(H,28,30). The van der Waals surface area contributed by atoms with E-state index in [1.54, 1.807) is 0 Å². The molecular formula is C25H29N3O2. The summed E-state index contributed by atoms with van der Waals surface area (Å²) in [5.74, 6) is 0.252. The van der Waals surface area contributed by atoms with Gasteiger partial charge in [0.05, 0.1) is 0 Å². The van der Waals surface area contributed by atoms with Crippen LogP contribution in [-0.2, 0) is 17.8 Å². The normalized spacial score (nSPS) is 14.5. The zero-order chi connectivity index (χ0) is 20.8. The van der Waals surface area contributed by atoms with Crippen LogP contribution in [0.25, 0.3) is 10.9 Å². The molecule has 0 spiro atoms. The van der Waals surface area contributed by atoms with Gasteiger partial charge >= 0.3 is 0 Å². The molecule has 4 rings (SSSR count). The minimum atomic E-state index is -0.0763. The molecule has 3 aromatic rings. The lowest BCUT2D eigenvalue weighted by atomic mass is 9.88. The Morgan fingerprint density at radius 3 is 2.50 bits per heavy atom. The lowest BCUT2D eigenvalue weighted by Gasteiger charge is -2.20. The molecule has 0 atom stereocenters. The number of nitrogens with one attached hydrogen (secondary N) is 3. The molecule has 2 amide bonds. The van der Waals surface area contributed by atoms with Crippen molar-refractivity contribution in [3.8, 4) is 0 Å². The second-order valence-corrected chi connectivity index (χ2v) is 8.12. The van der Waals surface area contributed by atoms with Crippen LogP contribution >= 0.6 is 0 Å². The van der Waals surface area contributed by atoms with E-state index in [-0.39, 0.29) is 17.7 Å². The number of amides is 2. The summed E-state index contributed by atoms with van der Waals surface area (Å²) in [6.45, 7) is 1.09. The number of aromatic amines is 1. The van der Waals surface area contributed by atoms with Crippen molar-refractivity contribution in [2.24, 2.45) is 5.92 Å². The first-order valence-corrected chi connectivity index (χ1v) is 10.9. The van der Waals surface area contributed by atoms with E-state index in [4.69, 9.17) is 0 Å². The number of fused-ring (bicyclic) bond motifs is 1. The molecule has 2 aromatic carbocycles. The van der Waals surface area contributed by atoms with Gasteiger partial charge in [0.1, 0.15) is 0 Å². The smallest absolute Gasteiger partial charge is 0.251 e. The molecule has 1 aliphatic rings. The van der Waals surface area contributed by atoms with Gasteiger partial charge in [-0.3, -0.25) is 9.59 Å². The van der Waals surface area contributed by atoms with E-state index in [0.29, 0.717) is 18.7 Å². The fourth-order valence-electron chi connectivity index (χ4n) is 4.22. The highest BCUT2D eigenvalue weighted by molar-refractivity contribution is 5.94. The zero-order valence-electron chi connectivity index (χ0n) is 17.2. The van der Waals surface area contributed by atoms with Gasteiger partial charge in [-0.2, -0.15) is 0 Å². The summed E-state index contributed by atoms with van der Waals surface area (Å²) in [5, 5.41) is 7.23. The average Bonchev–Trinajstić information content (AvgIpc) is 3.21. The molecule has 5 heteroatoms. The molecule has 1 aromatic heterocycles. The van der Waals surface area contributed by atoms with Crippen LogP contribution in [0.4, 0.5) is 0 Å². The molecule has 3 N–H and O–H groups in total. The van der Waals surface area contributed by atoms with Crippen molar-refractivity contribution in [1.29, 1.82) is 0 Å². The lowest BCUT2D eigenvalue weighted by Crippen LogP contribution is -2.31. The first-order valence-electron chi connectivity index (χ1n) is 10.9. The van der Waals surface area contributed by atoms with Crippen LogP contribution in [0.15, 0.2) is 54.7 Å². The first-order chi connectivity index (χ1) is 14.7. The van der Waals surface area contributed by atoms with Crippen molar-refractivity contribution >= 4 is 22.7 Å². The monoisotopic (exact) mass is 403 g/mol. The summed E-state index contributed by atoms with van der Waals surface area (Å²) >= 11 is 0.